The third-order valence-corrected chi connectivity index (χ3v) is 5.72. The number of para-hydroxylation sites is 1. The number of anilines is 1. The largest absolute Gasteiger partial charge is 0.482 e. The predicted octanol–water partition coefficient (Wildman–Crippen LogP) is 5.12. The van der Waals surface area contributed by atoms with E-state index >= 15 is 0 Å². The molecule has 2 aromatic rings. The zero-order valence-corrected chi connectivity index (χ0v) is 18.5. The lowest BCUT2D eigenvalue weighted by molar-refractivity contribution is -0.123. The molecule has 2 aromatic carbocycles. The molecule has 0 aromatic heterocycles. The van der Waals surface area contributed by atoms with Crippen LogP contribution < -0.4 is 15.1 Å². The molecule has 0 spiro atoms. The van der Waals surface area contributed by atoms with Gasteiger partial charge in [0, 0.05) is 23.3 Å². The van der Waals surface area contributed by atoms with E-state index in [2.05, 4.69) is 43.1 Å². The summed E-state index contributed by atoms with van der Waals surface area (Å²) in [7, 11) is 0. The van der Waals surface area contributed by atoms with Gasteiger partial charge in [0.15, 0.2) is 6.61 Å². The van der Waals surface area contributed by atoms with Crippen LogP contribution in [0.25, 0.3) is 0 Å². The second-order valence-electron chi connectivity index (χ2n) is 8.11. The average Bonchev–Trinajstić information content (AvgIpc) is 2.68. The molecule has 1 N–H and O–H groups in total. The normalized spacial score (nSPS) is 17.7. The maximum Gasteiger partial charge on any atom is 0.277 e. The molecular formula is C23H27ClFN3O2. The van der Waals surface area contributed by atoms with Crippen molar-refractivity contribution in [2.45, 2.75) is 45.6 Å². The Labute approximate surface area is 181 Å². The van der Waals surface area contributed by atoms with E-state index in [0.29, 0.717) is 22.3 Å². The molecule has 1 aliphatic heterocycles. The number of nitrogens with one attached hydrogen (secondary N) is 1. The number of amides is 1. The fraction of sp³-hybridized carbons (Fsp3) is 0.391. The van der Waals surface area contributed by atoms with Crippen molar-refractivity contribution < 1.29 is 13.9 Å². The Kier molecular flexibility index (Phi) is 6.66. The number of hydrogen-bond donors (Lipinski definition) is 1. The highest BCUT2D eigenvalue weighted by Crippen LogP contribution is 2.43. The summed E-state index contributed by atoms with van der Waals surface area (Å²) in [5.74, 6) is -0.125. The van der Waals surface area contributed by atoms with Crippen LogP contribution in [0.5, 0.6) is 5.75 Å². The van der Waals surface area contributed by atoms with Crippen LogP contribution in [0.2, 0.25) is 5.02 Å². The van der Waals surface area contributed by atoms with Crippen molar-refractivity contribution in [3.63, 3.8) is 0 Å². The molecule has 0 saturated heterocycles. The van der Waals surface area contributed by atoms with Gasteiger partial charge >= 0.3 is 0 Å². The van der Waals surface area contributed by atoms with Crippen LogP contribution in [-0.2, 0) is 4.79 Å². The Bertz CT molecular complexity index is 961. The van der Waals surface area contributed by atoms with E-state index in [1.165, 1.54) is 6.21 Å². The van der Waals surface area contributed by atoms with Gasteiger partial charge in [-0.05, 0) is 62.9 Å². The molecule has 0 fully saturated rings. The van der Waals surface area contributed by atoms with Gasteiger partial charge in [0.05, 0.1) is 11.2 Å². The van der Waals surface area contributed by atoms with Gasteiger partial charge < -0.3 is 9.64 Å². The molecule has 0 saturated carbocycles. The SMILES string of the molecule is CCN1c2cc(F)c(/C=N/NC(=O)COc3ccccc3Cl)cc2C(C)CC1(C)C. The summed E-state index contributed by atoms with van der Waals surface area (Å²) in [6, 6.07) is 10.3. The van der Waals surface area contributed by atoms with E-state index in [4.69, 9.17) is 16.3 Å². The fourth-order valence-electron chi connectivity index (χ4n) is 4.13. The third-order valence-electron chi connectivity index (χ3n) is 5.41. The van der Waals surface area contributed by atoms with Crippen molar-refractivity contribution in [1.82, 2.24) is 5.43 Å². The zero-order chi connectivity index (χ0) is 21.9. The lowest BCUT2D eigenvalue weighted by Crippen LogP contribution is -2.48. The summed E-state index contributed by atoms with van der Waals surface area (Å²) < 4.78 is 20.1. The number of carbonyl (C=O) groups is 1. The van der Waals surface area contributed by atoms with Gasteiger partial charge in [-0.2, -0.15) is 5.10 Å². The molecule has 3 rings (SSSR count). The summed E-state index contributed by atoms with van der Waals surface area (Å²) in [5, 5.41) is 4.31. The molecular weight excluding hydrogens is 405 g/mol. The van der Waals surface area contributed by atoms with Gasteiger partial charge in [-0.1, -0.05) is 30.7 Å². The molecule has 0 aliphatic carbocycles. The van der Waals surface area contributed by atoms with Crippen LogP contribution in [-0.4, -0.2) is 30.8 Å². The molecule has 160 valence electrons. The minimum atomic E-state index is -0.461. The quantitative estimate of drug-likeness (QED) is 0.510. The smallest absolute Gasteiger partial charge is 0.277 e. The first-order valence-corrected chi connectivity index (χ1v) is 10.4. The number of benzene rings is 2. The van der Waals surface area contributed by atoms with Crippen molar-refractivity contribution in [3.8, 4) is 5.75 Å². The van der Waals surface area contributed by atoms with E-state index in [-0.39, 0.29) is 18.0 Å². The van der Waals surface area contributed by atoms with E-state index in [0.717, 1.165) is 24.2 Å². The summed E-state index contributed by atoms with van der Waals surface area (Å²) in [5.41, 5.74) is 4.68. The average molecular weight is 432 g/mol. The fourth-order valence-corrected chi connectivity index (χ4v) is 4.32. The summed E-state index contributed by atoms with van der Waals surface area (Å²) in [6.45, 7) is 9.16. The molecule has 1 heterocycles. The molecule has 0 radical (unpaired) electrons. The Morgan fingerprint density at radius 1 is 1.40 bits per heavy atom. The van der Waals surface area contributed by atoms with Crippen molar-refractivity contribution in [1.29, 1.82) is 0 Å². The summed E-state index contributed by atoms with van der Waals surface area (Å²) in [6.07, 6.45) is 2.30. The maximum absolute atomic E-state index is 14.7. The minimum absolute atomic E-state index is 0.0289. The highest BCUT2D eigenvalue weighted by atomic mass is 35.5. The van der Waals surface area contributed by atoms with Crippen LogP contribution in [0.4, 0.5) is 10.1 Å². The maximum atomic E-state index is 14.7. The monoisotopic (exact) mass is 431 g/mol. The number of halogens is 2. The molecule has 7 heteroatoms. The molecule has 0 bridgehead atoms. The van der Waals surface area contributed by atoms with Crippen LogP contribution in [0.1, 0.15) is 51.2 Å². The molecule has 1 amide bonds. The van der Waals surface area contributed by atoms with Gasteiger partial charge in [0.25, 0.3) is 5.91 Å². The van der Waals surface area contributed by atoms with E-state index in [1.54, 1.807) is 30.3 Å². The topological polar surface area (TPSA) is 53.9 Å². The Balaban J connectivity index is 1.68. The number of nitrogens with zero attached hydrogens (tertiary/aromatic N) is 2. The molecule has 1 aliphatic rings. The molecule has 30 heavy (non-hydrogen) atoms. The van der Waals surface area contributed by atoms with Crippen LogP contribution in [0, 0.1) is 5.82 Å². The highest BCUT2D eigenvalue weighted by molar-refractivity contribution is 6.32. The number of rotatable bonds is 6. The predicted molar refractivity (Wildman–Crippen MR) is 119 cm³/mol. The molecule has 5 nitrogen and oxygen atoms in total. The third kappa shape index (κ3) is 4.75. The number of hydrogen-bond acceptors (Lipinski definition) is 4. The highest BCUT2D eigenvalue weighted by Gasteiger charge is 2.36. The lowest BCUT2D eigenvalue weighted by atomic mass is 9.79. The van der Waals surface area contributed by atoms with Gasteiger partial charge in [-0.25, -0.2) is 9.82 Å². The van der Waals surface area contributed by atoms with Crippen molar-refractivity contribution in [2.24, 2.45) is 5.10 Å². The van der Waals surface area contributed by atoms with Gasteiger partial charge in [-0.15, -0.1) is 0 Å². The number of ether oxygens (including phenoxy) is 1. The first-order chi connectivity index (χ1) is 14.2. The zero-order valence-electron chi connectivity index (χ0n) is 17.7. The number of hydrazone groups is 1. The number of carbonyl (C=O) groups excluding carboxylic acids is 1. The van der Waals surface area contributed by atoms with Crippen molar-refractivity contribution in [2.75, 3.05) is 18.1 Å². The minimum Gasteiger partial charge on any atom is -0.482 e. The summed E-state index contributed by atoms with van der Waals surface area (Å²) in [4.78, 5) is 14.2. The van der Waals surface area contributed by atoms with Crippen LogP contribution >= 0.6 is 11.6 Å². The molecule has 1 unspecified atom stereocenters. The first kappa shape index (κ1) is 22.1. The standard InChI is InChI=1S/C23H27ClFN3O2/c1-5-28-20-11-19(25)16(10-17(20)15(2)12-23(28,3)4)13-26-27-22(29)14-30-21-9-7-6-8-18(21)24/h6-11,13,15H,5,12,14H2,1-4H3,(H,27,29)/b26-13+. The lowest BCUT2D eigenvalue weighted by Gasteiger charge is -2.47. The Hall–Kier alpha value is -2.60. The second kappa shape index (κ2) is 9.04. The van der Waals surface area contributed by atoms with Gasteiger partial charge in [0.2, 0.25) is 0 Å². The van der Waals surface area contributed by atoms with Crippen LogP contribution in [0.15, 0.2) is 41.5 Å². The van der Waals surface area contributed by atoms with Crippen LogP contribution in [0.3, 0.4) is 0 Å². The Morgan fingerprint density at radius 3 is 2.83 bits per heavy atom. The van der Waals surface area contributed by atoms with Crippen molar-refractivity contribution in [3.05, 3.63) is 58.4 Å². The van der Waals surface area contributed by atoms with E-state index in [1.807, 2.05) is 6.07 Å². The van der Waals surface area contributed by atoms with Crippen molar-refractivity contribution >= 4 is 29.4 Å². The van der Waals surface area contributed by atoms with Gasteiger partial charge in [0.1, 0.15) is 11.6 Å². The first-order valence-electron chi connectivity index (χ1n) is 10.0. The Morgan fingerprint density at radius 2 is 2.13 bits per heavy atom. The summed E-state index contributed by atoms with van der Waals surface area (Å²) >= 11 is 5.99. The molecule has 1 atom stereocenters. The van der Waals surface area contributed by atoms with Gasteiger partial charge in [-0.3, -0.25) is 4.79 Å². The van der Waals surface area contributed by atoms with E-state index < -0.39 is 5.91 Å². The van der Waals surface area contributed by atoms with E-state index in [9.17, 15) is 9.18 Å². The second-order valence-corrected chi connectivity index (χ2v) is 8.51. The number of fused-ring (bicyclic) bond motifs is 1.